The number of imidazole rings is 1. The number of thiazole rings is 1. The minimum Gasteiger partial charge on any atom is -0.408 e. The number of hydrogen-bond acceptors (Lipinski definition) is 5. The van der Waals surface area contributed by atoms with Crippen LogP contribution in [0.2, 0.25) is 0 Å². The van der Waals surface area contributed by atoms with E-state index in [1.807, 2.05) is 17.4 Å². The highest BCUT2D eigenvalue weighted by molar-refractivity contribution is 7.17. The molecule has 6 nitrogen and oxygen atoms in total. The Balaban J connectivity index is 2.06. The number of oxazole rings is 1. The maximum Gasteiger partial charge on any atom is 0.417 e. The van der Waals surface area contributed by atoms with Gasteiger partial charge in [-0.1, -0.05) is 6.07 Å². The number of fused-ring (bicyclic) bond motifs is 2. The molecule has 1 aromatic carbocycles. The largest absolute Gasteiger partial charge is 0.417 e. The molecule has 0 spiro atoms. The number of nitrogens with zero attached hydrogens (tertiary/aromatic N) is 2. The molecular formula is C14H9N3O3S. The highest BCUT2D eigenvalue weighted by atomic mass is 32.1. The lowest BCUT2D eigenvalue weighted by molar-refractivity contribution is 0.111. The number of carbonyl (C=O) groups excluding carboxylic acids is 1. The van der Waals surface area contributed by atoms with Gasteiger partial charge < -0.3 is 4.42 Å². The van der Waals surface area contributed by atoms with E-state index in [-0.39, 0.29) is 0 Å². The maximum atomic E-state index is 11.2. The molecule has 4 rings (SSSR count). The molecule has 0 saturated heterocycles. The molecule has 7 heteroatoms. The second-order valence-electron chi connectivity index (χ2n) is 4.65. The third kappa shape index (κ3) is 1.67. The fourth-order valence-corrected chi connectivity index (χ4v) is 3.47. The lowest BCUT2D eigenvalue weighted by Crippen LogP contribution is -1.93. The van der Waals surface area contributed by atoms with E-state index in [9.17, 15) is 9.59 Å². The molecule has 0 aliphatic rings. The average Bonchev–Trinajstić information content (AvgIpc) is 3.09. The van der Waals surface area contributed by atoms with Crippen LogP contribution in [0.15, 0.2) is 33.6 Å². The van der Waals surface area contributed by atoms with Crippen LogP contribution in [-0.2, 0) is 0 Å². The molecule has 3 heterocycles. The molecule has 1 N–H and O–H groups in total. The average molecular weight is 299 g/mol. The first-order valence-corrected chi connectivity index (χ1v) is 7.04. The van der Waals surface area contributed by atoms with E-state index in [2.05, 4.69) is 9.97 Å². The standard InChI is InChI=1S/C14H9N3O3S/c1-7-12(17-9(6-18)5-15-13(17)21-7)8-2-3-10-11(4-8)20-14(19)16-10/h2-6H,1H3,(H,16,19). The van der Waals surface area contributed by atoms with Crippen molar-refractivity contribution in [1.82, 2.24) is 14.4 Å². The Morgan fingerprint density at radius 3 is 3.10 bits per heavy atom. The van der Waals surface area contributed by atoms with Crippen molar-refractivity contribution < 1.29 is 9.21 Å². The minimum absolute atomic E-state index is 0.481. The summed E-state index contributed by atoms with van der Waals surface area (Å²) in [6.07, 6.45) is 2.33. The Morgan fingerprint density at radius 1 is 1.43 bits per heavy atom. The van der Waals surface area contributed by atoms with Gasteiger partial charge in [0.1, 0.15) is 5.69 Å². The van der Waals surface area contributed by atoms with Gasteiger partial charge in [0, 0.05) is 10.4 Å². The van der Waals surface area contributed by atoms with E-state index in [1.54, 1.807) is 18.3 Å². The molecule has 104 valence electrons. The summed E-state index contributed by atoms with van der Waals surface area (Å²) in [6.45, 7) is 1.97. The zero-order valence-corrected chi connectivity index (χ0v) is 11.7. The summed E-state index contributed by atoms with van der Waals surface area (Å²) in [5.41, 5.74) is 3.40. The molecule has 0 radical (unpaired) electrons. The lowest BCUT2D eigenvalue weighted by Gasteiger charge is -2.03. The van der Waals surface area contributed by atoms with Gasteiger partial charge in [0.15, 0.2) is 16.8 Å². The fourth-order valence-electron chi connectivity index (χ4n) is 2.49. The monoisotopic (exact) mass is 299 g/mol. The number of aromatic nitrogens is 3. The molecule has 0 saturated carbocycles. The molecule has 0 aliphatic heterocycles. The molecule has 0 aliphatic carbocycles. The van der Waals surface area contributed by atoms with Crippen molar-refractivity contribution in [2.75, 3.05) is 0 Å². The molecule has 0 fully saturated rings. The number of H-pyrrole nitrogens is 1. The zero-order chi connectivity index (χ0) is 14.6. The number of hydrogen-bond donors (Lipinski definition) is 1. The number of aryl methyl sites for hydroxylation is 1. The van der Waals surface area contributed by atoms with Crippen LogP contribution in [0.5, 0.6) is 0 Å². The van der Waals surface area contributed by atoms with Crippen LogP contribution in [0, 0.1) is 6.92 Å². The molecule has 3 aromatic heterocycles. The third-order valence-electron chi connectivity index (χ3n) is 3.37. The predicted octanol–water partition coefficient (Wildman–Crippen LogP) is 2.62. The number of benzene rings is 1. The summed E-state index contributed by atoms with van der Waals surface area (Å²) >= 11 is 1.51. The SMILES string of the molecule is Cc1sc2ncc(C=O)n2c1-c1ccc2[nH]c(=O)oc2c1. The van der Waals surface area contributed by atoms with Crippen LogP contribution >= 0.6 is 11.3 Å². The van der Waals surface area contributed by atoms with Crippen molar-refractivity contribution in [3.05, 3.63) is 45.5 Å². The minimum atomic E-state index is -0.481. The summed E-state index contributed by atoms with van der Waals surface area (Å²) < 4.78 is 6.91. The Hall–Kier alpha value is -2.67. The highest BCUT2D eigenvalue weighted by Gasteiger charge is 2.16. The smallest absolute Gasteiger partial charge is 0.408 e. The third-order valence-corrected chi connectivity index (χ3v) is 4.34. The van der Waals surface area contributed by atoms with Crippen LogP contribution in [0.1, 0.15) is 15.4 Å². The van der Waals surface area contributed by atoms with E-state index in [1.165, 1.54) is 11.3 Å². The Labute approximate surface area is 121 Å². The van der Waals surface area contributed by atoms with Crippen molar-refractivity contribution in [2.45, 2.75) is 6.92 Å². The Morgan fingerprint density at radius 2 is 2.29 bits per heavy atom. The summed E-state index contributed by atoms with van der Waals surface area (Å²) in [5, 5.41) is 0. The first-order valence-electron chi connectivity index (χ1n) is 6.22. The molecule has 0 atom stereocenters. The number of rotatable bonds is 2. The normalized spacial score (nSPS) is 11.5. The van der Waals surface area contributed by atoms with E-state index < -0.39 is 5.76 Å². The number of aldehydes is 1. The van der Waals surface area contributed by atoms with Crippen molar-refractivity contribution in [1.29, 1.82) is 0 Å². The first kappa shape index (κ1) is 12.1. The fraction of sp³-hybridized carbons (Fsp3) is 0.0714. The van der Waals surface area contributed by atoms with Gasteiger partial charge in [0.05, 0.1) is 17.4 Å². The maximum absolute atomic E-state index is 11.2. The first-order chi connectivity index (χ1) is 10.2. The van der Waals surface area contributed by atoms with Gasteiger partial charge >= 0.3 is 5.76 Å². The second kappa shape index (κ2) is 4.16. The van der Waals surface area contributed by atoms with Gasteiger partial charge in [0.2, 0.25) is 0 Å². The van der Waals surface area contributed by atoms with Gasteiger partial charge in [-0.3, -0.25) is 14.2 Å². The van der Waals surface area contributed by atoms with Crippen molar-refractivity contribution in [3.8, 4) is 11.3 Å². The van der Waals surface area contributed by atoms with Crippen LogP contribution in [0.25, 0.3) is 27.3 Å². The molecule has 0 amide bonds. The summed E-state index contributed by atoms with van der Waals surface area (Å²) in [6, 6.07) is 5.46. The van der Waals surface area contributed by atoms with E-state index >= 15 is 0 Å². The molecule has 21 heavy (non-hydrogen) atoms. The predicted molar refractivity (Wildman–Crippen MR) is 79.0 cm³/mol. The van der Waals surface area contributed by atoms with E-state index in [0.717, 1.165) is 27.4 Å². The number of carbonyl (C=O) groups is 1. The highest BCUT2D eigenvalue weighted by Crippen LogP contribution is 2.33. The molecule has 0 unspecified atom stereocenters. The summed E-state index contributed by atoms with van der Waals surface area (Å²) in [7, 11) is 0. The van der Waals surface area contributed by atoms with Crippen LogP contribution in [-0.4, -0.2) is 20.7 Å². The van der Waals surface area contributed by atoms with Gasteiger partial charge in [-0.05, 0) is 19.1 Å². The van der Waals surface area contributed by atoms with E-state index in [4.69, 9.17) is 4.42 Å². The lowest BCUT2D eigenvalue weighted by atomic mass is 10.1. The number of nitrogens with one attached hydrogen (secondary N) is 1. The van der Waals surface area contributed by atoms with Gasteiger partial charge in [-0.2, -0.15) is 0 Å². The molecule has 0 bridgehead atoms. The Kier molecular flexibility index (Phi) is 2.40. The summed E-state index contributed by atoms with van der Waals surface area (Å²) in [4.78, 5) is 31.1. The topological polar surface area (TPSA) is 80.4 Å². The van der Waals surface area contributed by atoms with Crippen LogP contribution in [0.3, 0.4) is 0 Å². The van der Waals surface area contributed by atoms with E-state index in [0.29, 0.717) is 16.8 Å². The van der Waals surface area contributed by atoms with Crippen molar-refractivity contribution in [3.63, 3.8) is 0 Å². The Bertz CT molecular complexity index is 1050. The van der Waals surface area contributed by atoms with Crippen LogP contribution in [0.4, 0.5) is 0 Å². The molecule has 4 aromatic rings. The summed E-state index contributed by atoms with van der Waals surface area (Å²) in [5.74, 6) is -0.481. The quantitative estimate of drug-likeness (QED) is 0.577. The van der Waals surface area contributed by atoms with Gasteiger partial charge in [0.25, 0.3) is 0 Å². The number of aromatic amines is 1. The van der Waals surface area contributed by atoms with Crippen molar-refractivity contribution in [2.24, 2.45) is 0 Å². The zero-order valence-electron chi connectivity index (χ0n) is 10.9. The van der Waals surface area contributed by atoms with Crippen LogP contribution < -0.4 is 5.76 Å². The van der Waals surface area contributed by atoms with Gasteiger partial charge in [-0.15, -0.1) is 11.3 Å². The van der Waals surface area contributed by atoms with Gasteiger partial charge in [-0.25, -0.2) is 9.78 Å². The van der Waals surface area contributed by atoms with Crippen molar-refractivity contribution >= 4 is 33.7 Å². The molecular weight excluding hydrogens is 290 g/mol. The second-order valence-corrected chi connectivity index (χ2v) is 5.83.